The number of hydrogen-bond acceptors (Lipinski definition) is 4. The van der Waals surface area contributed by atoms with Gasteiger partial charge >= 0.3 is 0 Å². The van der Waals surface area contributed by atoms with Gasteiger partial charge in [0, 0.05) is 30.5 Å². The van der Waals surface area contributed by atoms with Crippen LogP contribution in [0.2, 0.25) is 5.02 Å². The Balaban J connectivity index is 2.31. The number of aliphatic imine (C=N–C) groups is 1. The molecule has 0 amide bonds. The van der Waals surface area contributed by atoms with Gasteiger partial charge in [0.25, 0.3) is 5.56 Å². The molecule has 2 heterocycles. The highest BCUT2D eigenvalue weighted by molar-refractivity contribution is 6.31. The van der Waals surface area contributed by atoms with E-state index in [1.807, 2.05) is 0 Å². The molecular formula is C20H19ClF3N3O2. The fourth-order valence-corrected chi connectivity index (χ4v) is 2.79. The molecule has 0 atom stereocenters. The highest BCUT2D eigenvalue weighted by Crippen LogP contribution is 2.26. The predicted octanol–water partition coefficient (Wildman–Crippen LogP) is 5.08. The second-order valence-electron chi connectivity index (χ2n) is 6.18. The normalized spacial score (nSPS) is 12.2. The fourth-order valence-electron chi connectivity index (χ4n) is 2.60. The molecule has 0 spiro atoms. The standard InChI is InChI=1S/C20H19ClF3N3O2/c1-11-9-26-13(3)18(24)19(11)27-12(2)7-16(17(21)20(27)28)29-6-5-14(22)8-15(23)10-25-4/h7-10H,4-6H2,1-3H3/b14-8+,15-10+. The summed E-state index contributed by atoms with van der Waals surface area (Å²) in [6, 6.07) is 1.45. The average molecular weight is 426 g/mol. The van der Waals surface area contributed by atoms with Crippen LogP contribution in [0.4, 0.5) is 13.2 Å². The van der Waals surface area contributed by atoms with Crippen LogP contribution in [-0.4, -0.2) is 22.9 Å². The zero-order valence-corrected chi connectivity index (χ0v) is 16.9. The maximum atomic E-state index is 14.6. The van der Waals surface area contributed by atoms with E-state index in [0.717, 1.165) is 10.8 Å². The molecule has 0 aliphatic carbocycles. The van der Waals surface area contributed by atoms with Gasteiger partial charge in [0.05, 0.1) is 24.2 Å². The zero-order chi connectivity index (χ0) is 21.7. The Morgan fingerprint density at radius 3 is 2.72 bits per heavy atom. The predicted molar refractivity (Wildman–Crippen MR) is 107 cm³/mol. The third-order valence-corrected chi connectivity index (χ3v) is 4.33. The zero-order valence-electron chi connectivity index (χ0n) is 16.1. The minimum absolute atomic E-state index is 0.0193. The van der Waals surface area contributed by atoms with Gasteiger partial charge in [-0.25, -0.2) is 13.2 Å². The molecular weight excluding hydrogens is 407 g/mol. The summed E-state index contributed by atoms with van der Waals surface area (Å²) in [5.74, 6) is -2.28. The molecule has 2 rings (SSSR count). The third kappa shape index (κ3) is 5.14. The summed E-state index contributed by atoms with van der Waals surface area (Å²) in [4.78, 5) is 19.9. The fraction of sp³-hybridized carbons (Fsp3) is 0.250. The lowest BCUT2D eigenvalue weighted by Crippen LogP contribution is -2.24. The summed E-state index contributed by atoms with van der Waals surface area (Å²) >= 11 is 6.11. The maximum absolute atomic E-state index is 14.6. The Bertz CT molecular complexity index is 1060. The molecule has 0 radical (unpaired) electrons. The van der Waals surface area contributed by atoms with Gasteiger partial charge in [0.2, 0.25) is 0 Å². The van der Waals surface area contributed by atoms with E-state index in [0.29, 0.717) is 17.3 Å². The molecule has 0 saturated carbocycles. The molecule has 0 aromatic carbocycles. The Morgan fingerprint density at radius 1 is 1.38 bits per heavy atom. The van der Waals surface area contributed by atoms with E-state index in [1.54, 1.807) is 13.8 Å². The summed E-state index contributed by atoms with van der Waals surface area (Å²) < 4.78 is 47.9. The van der Waals surface area contributed by atoms with Gasteiger partial charge in [-0.15, -0.1) is 0 Å². The first-order valence-electron chi connectivity index (χ1n) is 8.52. The highest BCUT2D eigenvalue weighted by atomic mass is 35.5. The molecule has 0 saturated heterocycles. The van der Waals surface area contributed by atoms with E-state index >= 15 is 0 Å². The van der Waals surface area contributed by atoms with Gasteiger partial charge < -0.3 is 4.74 Å². The Kier molecular flexibility index (Phi) is 7.39. The van der Waals surface area contributed by atoms with Crippen LogP contribution >= 0.6 is 11.6 Å². The van der Waals surface area contributed by atoms with Crippen LogP contribution in [0.15, 0.2) is 46.0 Å². The molecule has 2 aromatic rings. The summed E-state index contributed by atoms with van der Waals surface area (Å²) in [5.41, 5.74) is 0.337. The molecule has 29 heavy (non-hydrogen) atoms. The van der Waals surface area contributed by atoms with E-state index in [1.165, 1.54) is 19.2 Å². The number of rotatable bonds is 7. The van der Waals surface area contributed by atoms with Crippen molar-refractivity contribution in [3.05, 3.63) is 74.3 Å². The van der Waals surface area contributed by atoms with Crippen LogP contribution in [0.5, 0.6) is 5.75 Å². The third-order valence-electron chi connectivity index (χ3n) is 3.98. The van der Waals surface area contributed by atoms with Crippen LogP contribution in [0.25, 0.3) is 5.69 Å². The van der Waals surface area contributed by atoms with Crippen molar-refractivity contribution in [2.45, 2.75) is 27.2 Å². The smallest absolute Gasteiger partial charge is 0.278 e. The van der Waals surface area contributed by atoms with Crippen molar-refractivity contribution in [2.24, 2.45) is 4.99 Å². The van der Waals surface area contributed by atoms with Crippen molar-refractivity contribution >= 4 is 18.3 Å². The van der Waals surface area contributed by atoms with E-state index in [4.69, 9.17) is 16.3 Å². The van der Waals surface area contributed by atoms with Gasteiger partial charge in [-0.2, -0.15) is 0 Å². The highest BCUT2D eigenvalue weighted by Gasteiger charge is 2.19. The van der Waals surface area contributed by atoms with E-state index in [2.05, 4.69) is 16.7 Å². The van der Waals surface area contributed by atoms with Gasteiger partial charge in [-0.3, -0.25) is 19.3 Å². The van der Waals surface area contributed by atoms with E-state index < -0.39 is 23.0 Å². The molecule has 154 valence electrons. The van der Waals surface area contributed by atoms with Gasteiger partial charge in [0.1, 0.15) is 22.4 Å². The second-order valence-corrected chi connectivity index (χ2v) is 6.56. The monoisotopic (exact) mass is 425 g/mol. The Hall–Kier alpha value is -2.87. The second kappa shape index (κ2) is 9.56. The Morgan fingerprint density at radius 2 is 2.07 bits per heavy atom. The van der Waals surface area contributed by atoms with Crippen LogP contribution in [-0.2, 0) is 0 Å². The lowest BCUT2D eigenvalue weighted by molar-refractivity contribution is 0.309. The van der Waals surface area contributed by atoms with Crippen LogP contribution in [0.3, 0.4) is 0 Å². The average Bonchev–Trinajstić information content (AvgIpc) is 2.65. The summed E-state index contributed by atoms with van der Waals surface area (Å²) in [6.07, 6.45) is 2.62. The summed E-state index contributed by atoms with van der Waals surface area (Å²) in [6.45, 7) is 7.57. The number of nitrogens with zero attached hydrogens (tertiary/aromatic N) is 3. The SMILES string of the molecule is C=N/C=C(F)\C=C(\F)CCOc1cc(C)n(-c2c(C)cnc(C)c2F)c(=O)c1Cl. The quantitative estimate of drug-likeness (QED) is 0.459. The molecule has 0 aliphatic heterocycles. The molecule has 2 aromatic heterocycles. The van der Waals surface area contributed by atoms with Gasteiger partial charge in [-0.1, -0.05) is 11.6 Å². The van der Waals surface area contributed by atoms with Crippen molar-refractivity contribution < 1.29 is 17.9 Å². The number of pyridine rings is 2. The molecule has 5 nitrogen and oxygen atoms in total. The van der Waals surface area contributed by atoms with Crippen LogP contribution in [0, 0.1) is 26.6 Å². The molecule has 0 N–H and O–H groups in total. The Labute approximate surface area is 170 Å². The number of allylic oxidation sites excluding steroid dienone is 2. The van der Waals surface area contributed by atoms with Crippen molar-refractivity contribution in [3.63, 3.8) is 0 Å². The number of hydrogen-bond donors (Lipinski definition) is 0. The largest absolute Gasteiger partial charge is 0.491 e. The molecule has 0 bridgehead atoms. The summed E-state index contributed by atoms with van der Waals surface area (Å²) in [5, 5.41) is -0.282. The van der Waals surface area contributed by atoms with Crippen LogP contribution < -0.4 is 10.3 Å². The molecule has 0 aliphatic rings. The van der Waals surface area contributed by atoms with Gasteiger partial charge in [0.15, 0.2) is 5.82 Å². The molecule has 9 heteroatoms. The first kappa shape index (κ1) is 22.4. The number of aryl methyl sites for hydroxylation is 3. The van der Waals surface area contributed by atoms with E-state index in [-0.39, 0.29) is 35.2 Å². The first-order valence-corrected chi connectivity index (χ1v) is 8.89. The lowest BCUT2D eigenvalue weighted by atomic mass is 10.2. The molecule has 0 fully saturated rings. The van der Waals surface area contributed by atoms with Crippen LogP contribution in [0.1, 0.15) is 23.4 Å². The lowest BCUT2D eigenvalue weighted by Gasteiger charge is -2.17. The first-order chi connectivity index (χ1) is 13.7. The summed E-state index contributed by atoms with van der Waals surface area (Å²) in [7, 11) is 0. The van der Waals surface area contributed by atoms with Crippen molar-refractivity contribution in [1.82, 2.24) is 9.55 Å². The number of halogens is 4. The van der Waals surface area contributed by atoms with Gasteiger partial charge in [-0.05, 0) is 33.1 Å². The number of aromatic nitrogens is 2. The molecule has 0 unspecified atom stereocenters. The number of ether oxygens (including phenoxy) is 1. The topological polar surface area (TPSA) is 56.5 Å². The maximum Gasteiger partial charge on any atom is 0.278 e. The van der Waals surface area contributed by atoms with Crippen molar-refractivity contribution in [1.29, 1.82) is 0 Å². The van der Waals surface area contributed by atoms with E-state index in [9.17, 15) is 18.0 Å². The van der Waals surface area contributed by atoms with Crippen molar-refractivity contribution in [3.8, 4) is 11.4 Å². The van der Waals surface area contributed by atoms with Crippen molar-refractivity contribution in [2.75, 3.05) is 6.61 Å². The minimum Gasteiger partial charge on any atom is -0.491 e. The minimum atomic E-state index is -0.890.